The molecule has 3 aromatic rings. The van der Waals surface area contributed by atoms with E-state index in [0.29, 0.717) is 34.2 Å². The zero-order valence-corrected chi connectivity index (χ0v) is 19.3. The summed E-state index contributed by atoms with van der Waals surface area (Å²) in [5.74, 6) is -1.08. The second-order valence-electron chi connectivity index (χ2n) is 7.80. The summed E-state index contributed by atoms with van der Waals surface area (Å²) >= 11 is 6.31. The molecule has 1 aliphatic rings. The van der Waals surface area contributed by atoms with Gasteiger partial charge in [-0.1, -0.05) is 23.7 Å². The number of aliphatic hydroxyl groups excluding tert-OH is 1. The summed E-state index contributed by atoms with van der Waals surface area (Å²) in [7, 11) is 0. The van der Waals surface area contributed by atoms with Gasteiger partial charge in [-0.05, 0) is 73.9 Å². The second kappa shape index (κ2) is 9.08. The van der Waals surface area contributed by atoms with Crippen LogP contribution in [0.3, 0.4) is 0 Å². The number of rotatable bonds is 5. The lowest BCUT2D eigenvalue weighted by molar-refractivity contribution is -0.132. The Bertz CT molecular complexity index is 1270. The second-order valence-corrected chi connectivity index (χ2v) is 8.21. The highest BCUT2D eigenvalue weighted by Gasteiger charge is 2.47. The van der Waals surface area contributed by atoms with Crippen LogP contribution in [0.15, 0.2) is 66.5 Å². The Balaban J connectivity index is 1.91. The number of aryl methyl sites for hydroxylation is 2. The molecule has 1 aliphatic heterocycles. The molecule has 1 unspecified atom stereocenters. The number of ketones is 1. The predicted molar refractivity (Wildman–Crippen MR) is 128 cm³/mol. The van der Waals surface area contributed by atoms with Crippen molar-refractivity contribution < 1.29 is 19.4 Å². The van der Waals surface area contributed by atoms with Crippen molar-refractivity contribution in [3.05, 3.63) is 93.8 Å². The van der Waals surface area contributed by atoms with Crippen LogP contribution in [0.4, 0.5) is 5.69 Å². The van der Waals surface area contributed by atoms with Crippen molar-refractivity contribution in [3.8, 4) is 5.75 Å². The molecular formula is C26H23ClN2O4. The molecule has 1 atom stereocenters. The average Bonchev–Trinajstić information content (AvgIpc) is 3.08. The summed E-state index contributed by atoms with van der Waals surface area (Å²) in [4.78, 5) is 31.9. The first-order valence-electron chi connectivity index (χ1n) is 10.5. The smallest absolute Gasteiger partial charge is 0.300 e. The number of amides is 1. The van der Waals surface area contributed by atoms with E-state index in [1.165, 1.54) is 4.90 Å². The molecule has 1 saturated heterocycles. The Morgan fingerprint density at radius 3 is 2.55 bits per heavy atom. The van der Waals surface area contributed by atoms with Crippen molar-refractivity contribution in [3.63, 3.8) is 0 Å². The molecule has 2 aromatic carbocycles. The summed E-state index contributed by atoms with van der Waals surface area (Å²) < 4.78 is 5.57. The maximum absolute atomic E-state index is 13.2. The average molecular weight is 463 g/mol. The minimum Gasteiger partial charge on any atom is -0.507 e. The fourth-order valence-corrected chi connectivity index (χ4v) is 4.13. The number of pyridine rings is 1. The first-order chi connectivity index (χ1) is 15.8. The molecule has 1 fully saturated rings. The van der Waals surface area contributed by atoms with E-state index < -0.39 is 17.7 Å². The third-order valence-corrected chi connectivity index (χ3v) is 6.03. The molecule has 1 N–H and O–H groups in total. The normalized spacial score (nSPS) is 17.5. The van der Waals surface area contributed by atoms with Gasteiger partial charge in [-0.3, -0.25) is 19.5 Å². The number of nitrogens with zero attached hydrogens (tertiary/aromatic N) is 2. The Kier molecular flexibility index (Phi) is 6.20. The Morgan fingerprint density at radius 1 is 1.12 bits per heavy atom. The van der Waals surface area contributed by atoms with Crippen LogP contribution in [-0.4, -0.2) is 28.4 Å². The van der Waals surface area contributed by atoms with Gasteiger partial charge in [0.25, 0.3) is 11.7 Å². The molecule has 0 bridgehead atoms. The van der Waals surface area contributed by atoms with Gasteiger partial charge >= 0.3 is 0 Å². The Labute approximate surface area is 197 Å². The van der Waals surface area contributed by atoms with Crippen molar-refractivity contribution in [1.29, 1.82) is 0 Å². The number of Topliss-reactive ketones (excluding diaryl/α,β-unsaturated/α-hetero) is 1. The van der Waals surface area contributed by atoms with E-state index in [1.54, 1.807) is 60.9 Å². The quantitative estimate of drug-likeness (QED) is 0.313. The van der Waals surface area contributed by atoms with Gasteiger partial charge in [0, 0.05) is 28.7 Å². The van der Waals surface area contributed by atoms with Gasteiger partial charge in [-0.2, -0.15) is 0 Å². The van der Waals surface area contributed by atoms with E-state index in [9.17, 15) is 14.7 Å². The van der Waals surface area contributed by atoms with Crippen LogP contribution in [-0.2, 0) is 9.59 Å². The number of ether oxygens (including phenoxy) is 1. The number of aliphatic hydroxyl groups is 1. The molecule has 0 spiro atoms. The van der Waals surface area contributed by atoms with Gasteiger partial charge in [0.2, 0.25) is 0 Å². The maximum Gasteiger partial charge on any atom is 0.300 e. The van der Waals surface area contributed by atoms with Crippen molar-refractivity contribution in [2.75, 3.05) is 11.5 Å². The van der Waals surface area contributed by atoms with E-state index in [4.69, 9.17) is 16.3 Å². The number of hydrogen-bond acceptors (Lipinski definition) is 5. The van der Waals surface area contributed by atoms with Gasteiger partial charge in [0.15, 0.2) is 0 Å². The van der Waals surface area contributed by atoms with E-state index in [1.807, 2.05) is 20.8 Å². The van der Waals surface area contributed by atoms with Crippen molar-refractivity contribution >= 4 is 34.7 Å². The monoisotopic (exact) mass is 462 g/mol. The topological polar surface area (TPSA) is 79.7 Å². The molecule has 6 nitrogen and oxygen atoms in total. The van der Waals surface area contributed by atoms with Crippen LogP contribution >= 0.6 is 11.6 Å². The van der Waals surface area contributed by atoms with Crippen LogP contribution in [0.1, 0.15) is 35.2 Å². The van der Waals surface area contributed by atoms with Crippen LogP contribution in [0, 0.1) is 13.8 Å². The highest BCUT2D eigenvalue weighted by molar-refractivity contribution is 6.51. The first-order valence-corrected chi connectivity index (χ1v) is 10.9. The summed E-state index contributed by atoms with van der Waals surface area (Å²) in [5, 5.41) is 11.7. The molecule has 0 saturated carbocycles. The lowest BCUT2D eigenvalue weighted by Crippen LogP contribution is -2.29. The van der Waals surface area contributed by atoms with Crippen LogP contribution in [0.2, 0.25) is 5.02 Å². The van der Waals surface area contributed by atoms with Gasteiger partial charge in [0.1, 0.15) is 11.5 Å². The SMILES string of the molecule is CCOc1ccc(/C(O)=C2\C(=O)C(=O)N(c3ccc(C)c(Cl)c3)C2c2cccnc2)cc1C. The number of halogens is 1. The molecule has 0 aliphatic carbocycles. The lowest BCUT2D eigenvalue weighted by atomic mass is 9.95. The minimum absolute atomic E-state index is 0.00624. The zero-order valence-electron chi connectivity index (χ0n) is 18.5. The molecule has 4 rings (SSSR count). The van der Waals surface area contributed by atoms with E-state index >= 15 is 0 Å². The van der Waals surface area contributed by atoms with E-state index in [-0.39, 0.29) is 11.3 Å². The molecule has 1 amide bonds. The molecule has 1 aromatic heterocycles. The summed E-state index contributed by atoms with van der Waals surface area (Å²) in [5.41, 5.74) is 3.12. The van der Waals surface area contributed by atoms with Crippen molar-refractivity contribution in [2.45, 2.75) is 26.8 Å². The van der Waals surface area contributed by atoms with Crippen molar-refractivity contribution in [2.24, 2.45) is 0 Å². The number of aromatic nitrogens is 1. The highest BCUT2D eigenvalue weighted by Crippen LogP contribution is 2.43. The van der Waals surface area contributed by atoms with Gasteiger partial charge < -0.3 is 9.84 Å². The van der Waals surface area contributed by atoms with Gasteiger partial charge in [-0.15, -0.1) is 0 Å². The number of benzene rings is 2. The summed E-state index contributed by atoms with van der Waals surface area (Å²) in [6.45, 7) is 6.11. The Hall–Kier alpha value is -3.64. The maximum atomic E-state index is 13.2. The lowest BCUT2D eigenvalue weighted by Gasteiger charge is -2.25. The zero-order chi connectivity index (χ0) is 23.7. The molecule has 168 valence electrons. The van der Waals surface area contributed by atoms with Crippen LogP contribution in [0.5, 0.6) is 5.75 Å². The molecule has 0 radical (unpaired) electrons. The van der Waals surface area contributed by atoms with Crippen LogP contribution in [0.25, 0.3) is 5.76 Å². The fourth-order valence-electron chi connectivity index (χ4n) is 3.95. The van der Waals surface area contributed by atoms with Crippen molar-refractivity contribution in [1.82, 2.24) is 4.98 Å². The number of anilines is 1. The fraction of sp³-hybridized carbons (Fsp3) is 0.192. The third-order valence-electron chi connectivity index (χ3n) is 5.63. The minimum atomic E-state index is -0.857. The molecular weight excluding hydrogens is 440 g/mol. The number of hydrogen-bond donors (Lipinski definition) is 1. The summed E-state index contributed by atoms with van der Waals surface area (Å²) in [6, 6.07) is 12.9. The predicted octanol–water partition coefficient (Wildman–Crippen LogP) is 5.38. The first kappa shape index (κ1) is 22.6. The molecule has 33 heavy (non-hydrogen) atoms. The molecule has 2 heterocycles. The van der Waals surface area contributed by atoms with E-state index in [2.05, 4.69) is 4.98 Å². The number of carbonyl (C=O) groups is 2. The highest BCUT2D eigenvalue weighted by atomic mass is 35.5. The standard InChI is InChI=1S/C26H23ClN2O4/c1-4-33-21-10-8-17(12-16(21)3)24(30)22-23(18-6-5-11-28-14-18)29(26(32)25(22)31)19-9-7-15(2)20(27)13-19/h5-14,23,30H,4H2,1-3H3/b24-22+. The number of carbonyl (C=O) groups excluding carboxylic acids is 2. The summed E-state index contributed by atoms with van der Waals surface area (Å²) in [6.07, 6.45) is 3.18. The Morgan fingerprint density at radius 2 is 1.91 bits per heavy atom. The third kappa shape index (κ3) is 4.10. The van der Waals surface area contributed by atoms with Crippen LogP contribution < -0.4 is 9.64 Å². The van der Waals surface area contributed by atoms with Gasteiger partial charge in [-0.25, -0.2) is 0 Å². The van der Waals surface area contributed by atoms with Gasteiger partial charge in [0.05, 0.1) is 18.2 Å². The molecule has 7 heteroatoms. The largest absolute Gasteiger partial charge is 0.507 e. The van der Waals surface area contributed by atoms with E-state index in [0.717, 1.165) is 11.1 Å².